The molecular weight excluding hydrogens is 430 g/mol. The second-order valence-corrected chi connectivity index (χ2v) is 8.54. The summed E-state index contributed by atoms with van der Waals surface area (Å²) in [5.74, 6) is 0. The molecule has 0 unspecified atom stereocenters. The average molecular weight is 448 g/mol. The van der Waals surface area contributed by atoms with E-state index in [2.05, 4.69) is 130 Å². The van der Waals surface area contributed by atoms with E-state index in [1.165, 1.54) is 49.4 Å². The fourth-order valence-corrected chi connectivity index (χ4v) is 4.76. The van der Waals surface area contributed by atoms with Gasteiger partial charge in [-0.2, -0.15) is 0 Å². The Kier molecular flexibility index (Phi) is 4.00. The van der Waals surface area contributed by atoms with Crippen LogP contribution in [0.3, 0.4) is 0 Å². The van der Waals surface area contributed by atoms with Gasteiger partial charge in [0, 0.05) is 20.9 Å². The molecule has 6 aromatic rings. The van der Waals surface area contributed by atoms with Crippen molar-refractivity contribution in [1.82, 2.24) is 4.57 Å². The van der Waals surface area contributed by atoms with E-state index in [9.17, 15) is 0 Å². The van der Waals surface area contributed by atoms with Crippen molar-refractivity contribution in [3.8, 4) is 16.8 Å². The quantitative estimate of drug-likeness (QED) is 0.251. The molecule has 0 saturated heterocycles. The number of nitrogens with zero attached hydrogens (tertiary/aromatic N) is 1. The van der Waals surface area contributed by atoms with Crippen LogP contribution in [0.15, 0.2) is 114 Å². The van der Waals surface area contributed by atoms with Gasteiger partial charge in [-0.25, -0.2) is 0 Å². The molecule has 0 saturated carbocycles. The maximum absolute atomic E-state index is 3.66. The Morgan fingerprint density at radius 1 is 0.500 bits per heavy atom. The van der Waals surface area contributed by atoms with E-state index in [0.29, 0.717) is 0 Å². The number of fused-ring (bicyclic) bond motifs is 4. The summed E-state index contributed by atoms with van der Waals surface area (Å²) in [6, 6.07) is 39.2. The molecule has 1 nitrogen and oxygen atoms in total. The Morgan fingerprint density at radius 2 is 1.13 bits per heavy atom. The molecule has 0 aliphatic heterocycles. The van der Waals surface area contributed by atoms with E-state index in [4.69, 9.17) is 0 Å². The highest BCUT2D eigenvalue weighted by Crippen LogP contribution is 2.36. The highest BCUT2D eigenvalue weighted by Gasteiger charge is 2.13. The molecule has 0 atom stereocenters. The van der Waals surface area contributed by atoms with Crippen molar-refractivity contribution >= 4 is 48.5 Å². The van der Waals surface area contributed by atoms with Crippen LogP contribution in [0.5, 0.6) is 0 Å². The molecule has 142 valence electrons. The summed E-state index contributed by atoms with van der Waals surface area (Å²) >= 11 is 3.66. The summed E-state index contributed by atoms with van der Waals surface area (Å²) in [6.45, 7) is 0. The Morgan fingerprint density at radius 3 is 1.97 bits per heavy atom. The van der Waals surface area contributed by atoms with Crippen LogP contribution in [0.1, 0.15) is 0 Å². The van der Waals surface area contributed by atoms with E-state index in [0.717, 1.165) is 4.47 Å². The first-order chi connectivity index (χ1) is 14.8. The summed E-state index contributed by atoms with van der Waals surface area (Å²) in [4.78, 5) is 0. The monoisotopic (exact) mass is 447 g/mol. The van der Waals surface area contributed by atoms with E-state index in [-0.39, 0.29) is 0 Å². The van der Waals surface area contributed by atoms with Crippen molar-refractivity contribution in [2.45, 2.75) is 0 Å². The second kappa shape index (κ2) is 6.86. The van der Waals surface area contributed by atoms with E-state index < -0.39 is 0 Å². The Balaban J connectivity index is 1.64. The molecule has 6 rings (SSSR count). The Labute approximate surface area is 183 Å². The third kappa shape index (κ3) is 2.76. The van der Waals surface area contributed by atoms with Crippen LogP contribution in [0.2, 0.25) is 0 Å². The van der Waals surface area contributed by atoms with Crippen molar-refractivity contribution in [1.29, 1.82) is 0 Å². The lowest BCUT2D eigenvalue weighted by molar-refractivity contribution is 1.18. The van der Waals surface area contributed by atoms with Crippen LogP contribution in [0, 0.1) is 0 Å². The molecule has 0 N–H and O–H groups in total. The van der Waals surface area contributed by atoms with Crippen LogP contribution in [-0.4, -0.2) is 4.57 Å². The van der Waals surface area contributed by atoms with Gasteiger partial charge in [-0.15, -0.1) is 0 Å². The molecule has 0 spiro atoms. The molecule has 0 bridgehead atoms. The minimum absolute atomic E-state index is 1.10. The maximum atomic E-state index is 3.66. The van der Waals surface area contributed by atoms with Crippen molar-refractivity contribution in [3.63, 3.8) is 0 Å². The summed E-state index contributed by atoms with van der Waals surface area (Å²) < 4.78 is 3.44. The van der Waals surface area contributed by atoms with Crippen LogP contribution in [0.25, 0.3) is 49.4 Å². The maximum Gasteiger partial charge on any atom is 0.0541 e. The molecule has 5 aromatic carbocycles. The number of aromatic nitrogens is 1. The smallest absolute Gasteiger partial charge is 0.0541 e. The number of para-hydroxylation sites is 1. The van der Waals surface area contributed by atoms with Crippen molar-refractivity contribution in [2.24, 2.45) is 0 Å². The van der Waals surface area contributed by atoms with Crippen LogP contribution in [0.4, 0.5) is 0 Å². The zero-order valence-corrected chi connectivity index (χ0v) is 17.8. The van der Waals surface area contributed by atoms with Gasteiger partial charge in [0.15, 0.2) is 0 Å². The van der Waals surface area contributed by atoms with Gasteiger partial charge in [0.2, 0.25) is 0 Å². The third-order valence-corrected chi connectivity index (χ3v) is 6.32. The van der Waals surface area contributed by atoms with Gasteiger partial charge in [-0.3, -0.25) is 0 Å². The molecular formula is C28H18BrN. The first kappa shape index (κ1) is 17.5. The first-order valence-electron chi connectivity index (χ1n) is 10.1. The van der Waals surface area contributed by atoms with Crippen LogP contribution in [-0.2, 0) is 0 Å². The zero-order chi connectivity index (χ0) is 20.1. The first-order valence-corrected chi connectivity index (χ1v) is 10.9. The number of hydrogen-bond acceptors (Lipinski definition) is 0. The highest BCUT2D eigenvalue weighted by atomic mass is 79.9. The standard InChI is InChI=1S/C28H18BrN/c29-23-13-15-28-26(18-23)25-17-22(21-11-10-19-6-4-5-7-20(19)16-21)12-14-27(25)30(28)24-8-2-1-3-9-24/h1-18H. The van der Waals surface area contributed by atoms with Crippen molar-refractivity contribution < 1.29 is 0 Å². The van der Waals surface area contributed by atoms with Gasteiger partial charge in [0.25, 0.3) is 0 Å². The predicted octanol–water partition coefficient (Wildman–Crippen LogP) is 8.37. The summed E-state index contributed by atoms with van der Waals surface area (Å²) in [6.07, 6.45) is 0. The van der Waals surface area contributed by atoms with Gasteiger partial charge in [-0.05, 0) is 70.4 Å². The minimum atomic E-state index is 1.10. The summed E-state index contributed by atoms with van der Waals surface area (Å²) in [5, 5.41) is 5.06. The van der Waals surface area contributed by atoms with Crippen molar-refractivity contribution in [2.75, 3.05) is 0 Å². The van der Waals surface area contributed by atoms with E-state index in [1.807, 2.05) is 0 Å². The predicted molar refractivity (Wildman–Crippen MR) is 131 cm³/mol. The van der Waals surface area contributed by atoms with E-state index >= 15 is 0 Å². The fraction of sp³-hybridized carbons (Fsp3) is 0. The number of benzene rings is 5. The van der Waals surface area contributed by atoms with Gasteiger partial charge >= 0.3 is 0 Å². The molecule has 0 radical (unpaired) electrons. The normalized spacial score (nSPS) is 11.5. The number of halogens is 1. The molecule has 30 heavy (non-hydrogen) atoms. The van der Waals surface area contributed by atoms with Crippen molar-refractivity contribution in [3.05, 3.63) is 114 Å². The average Bonchev–Trinajstić information content (AvgIpc) is 3.12. The largest absolute Gasteiger partial charge is 0.309 e. The molecule has 0 amide bonds. The molecule has 0 fully saturated rings. The lowest BCUT2D eigenvalue weighted by Crippen LogP contribution is -1.92. The highest BCUT2D eigenvalue weighted by molar-refractivity contribution is 9.10. The van der Waals surface area contributed by atoms with E-state index in [1.54, 1.807) is 0 Å². The molecule has 1 heterocycles. The third-order valence-electron chi connectivity index (χ3n) is 5.82. The Bertz CT molecular complexity index is 1540. The van der Waals surface area contributed by atoms with Crippen LogP contribution < -0.4 is 0 Å². The number of hydrogen-bond donors (Lipinski definition) is 0. The second-order valence-electron chi connectivity index (χ2n) is 7.63. The molecule has 2 heteroatoms. The van der Waals surface area contributed by atoms with Crippen LogP contribution >= 0.6 is 15.9 Å². The molecule has 1 aromatic heterocycles. The lowest BCUT2D eigenvalue weighted by atomic mass is 9.99. The zero-order valence-electron chi connectivity index (χ0n) is 16.2. The van der Waals surface area contributed by atoms with Gasteiger partial charge in [0.05, 0.1) is 11.0 Å². The Hall–Kier alpha value is -3.36. The lowest BCUT2D eigenvalue weighted by Gasteiger charge is -2.08. The molecule has 0 aliphatic carbocycles. The van der Waals surface area contributed by atoms with Gasteiger partial charge in [0.1, 0.15) is 0 Å². The minimum Gasteiger partial charge on any atom is -0.309 e. The van der Waals surface area contributed by atoms with Gasteiger partial charge in [-0.1, -0.05) is 76.6 Å². The summed E-state index contributed by atoms with van der Waals surface area (Å²) in [7, 11) is 0. The summed E-state index contributed by atoms with van der Waals surface area (Å²) in [5.41, 5.74) is 6.10. The van der Waals surface area contributed by atoms with Gasteiger partial charge < -0.3 is 4.57 Å². The number of rotatable bonds is 2. The molecule has 0 aliphatic rings. The topological polar surface area (TPSA) is 4.93 Å². The SMILES string of the molecule is Brc1ccc2c(c1)c1cc(-c3ccc4ccccc4c3)ccc1n2-c1ccccc1. The fourth-order valence-electron chi connectivity index (χ4n) is 4.40.